The summed E-state index contributed by atoms with van der Waals surface area (Å²) < 4.78 is 14.1. The minimum absolute atomic E-state index is 0.0847. The van der Waals surface area contributed by atoms with Gasteiger partial charge in [-0.05, 0) is 31.0 Å². The molecule has 0 bridgehead atoms. The molecule has 0 amide bonds. The maximum absolute atomic E-state index is 14.1. The Hall–Kier alpha value is -1.97. The topological polar surface area (TPSA) is 45.8 Å². The highest BCUT2D eigenvalue weighted by molar-refractivity contribution is 5.64. The van der Waals surface area contributed by atoms with Gasteiger partial charge in [0, 0.05) is 17.5 Å². The maximum atomic E-state index is 14.1. The van der Waals surface area contributed by atoms with E-state index in [0.29, 0.717) is 17.1 Å². The quantitative estimate of drug-likeness (QED) is 0.900. The lowest BCUT2D eigenvalue weighted by Crippen LogP contribution is -2.12. The van der Waals surface area contributed by atoms with Gasteiger partial charge in [0.25, 0.3) is 5.56 Å². The summed E-state index contributed by atoms with van der Waals surface area (Å²) in [6.07, 6.45) is 0. The van der Waals surface area contributed by atoms with Gasteiger partial charge >= 0.3 is 0 Å². The second kappa shape index (κ2) is 4.96. The SMILES string of the molecule is Cc1cc(C)c(-c2cc(=O)[nH]c(C(C)C)n2)c(F)c1. The van der Waals surface area contributed by atoms with Crippen LogP contribution in [0.2, 0.25) is 0 Å². The van der Waals surface area contributed by atoms with Crippen LogP contribution < -0.4 is 5.56 Å². The Morgan fingerprint density at radius 2 is 1.89 bits per heavy atom. The van der Waals surface area contributed by atoms with Crippen molar-refractivity contribution in [3.8, 4) is 11.3 Å². The van der Waals surface area contributed by atoms with Crippen LogP contribution in [0.15, 0.2) is 23.0 Å². The van der Waals surface area contributed by atoms with Gasteiger partial charge < -0.3 is 4.98 Å². The van der Waals surface area contributed by atoms with Gasteiger partial charge in [-0.25, -0.2) is 9.37 Å². The van der Waals surface area contributed by atoms with Crippen LogP contribution in [0.25, 0.3) is 11.3 Å². The molecule has 2 rings (SSSR count). The normalized spacial score (nSPS) is 11.1. The van der Waals surface area contributed by atoms with E-state index in [2.05, 4.69) is 9.97 Å². The van der Waals surface area contributed by atoms with Gasteiger partial charge in [-0.2, -0.15) is 0 Å². The summed E-state index contributed by atoms with van der Waals surface area (Å²) in [7, 11) is 0. The standard InChI is InChI=1S/C15H17FN2O/c1-8(2)15-17-12(7-13(19)18-15)14-10(4)5-9(3)6-11(14)16/h5-8H,1-4H3,(H,17,18,19). The highest BCUT2D eigenvalue weighted by Crippen LogP contribution is 2.26. The fourth-order valence-electron chi connectivity index (χ4n) is 2.12. The molecule has 0 saturated carbocycles. The Kier molecular flexibility index (Phi) is 3.51. The van der Waals surface area contributed by atoms with E-state index in [1.54, 1.807) is 0 Å². The van der Waals surface area contributed by atoms with Crippen LogP contribution in [0, 0.1) is 19.7 Å². The molecule has 0 spiro atoms. The number of aryl methyl sites for hydroxylation is 2. The number of H-pyrrole nitrogens is 1. The third-order valence-electron chi connectivity index (χ3n) is 2.99. The van der Waals surface area contributed by atoms with Crippen LogP contribution in [0.5, 0.6) is 0 Å². The number of hydrogen-bond donors (Lipinski definition) is 1. The van der Waals surface area contributed by atoms with Gasteiger partial charge in [-0.15, -0.1) is 0 Å². The average Bonchev–Trinajstić information content (AvgIpc) is 2.26. The average molecular weight is 260 g/mol. The number of halogens is 1. The van der Waals surface area contributed by atoms with Crippen molar-refractivity contribution in [3.63, 3.8) is 0 Å². The van der Waals surface area contributed by atoms with Gasteiger partial charge in [0.2, 0.25) is 0 Å². The predicted molar refractivity (Wildman–Crippen MR) is 73.8 cm³/mol. The zero-order valence-electron chi connectivity index (χ0n) is 11.5. The van der Waals surface area contributed by atoms with Crippen LogP contribution in [0.4, 0.5) is 4.39 Å². The maximum Gasteiger partial charge on any atom is 0.251 e. The third-order valence-corrected chi connectivity index (χ3v) is 2.99. The number of aromatic amines is 1. The van der Waals surface area contributed by atoms with Gasteiger partial charge in [-0.1, -0.05) is 19.9 Å². The molecule has 2 aromatic rings. The number of aromatic nitrogens is 2. The summed E-state index contributed by atoms with van der Waals surface area (Å²) >= 11 is 0. The minimum atomic E-state index is -0.342. The van der Waals surface area contributed by atoms with Crippen LogP contribution >= 0.6 is 0 Å². The molecule has 4 heteroatoms. The predicted octanol–water partition coefficient (Wildman–Crippen LogP) is 3.32. The fourth-order valence-corrected chi connectivity index (χ4v) is 2.12. The van der Waals surface area contributed by atoms with Crippen molar-refractivity contribution in [1.82, 2.24) is 9.97 Å². The Morgan fingerprint density at radius 1 is 1.21 bits per heavy atom. The van der Waals surface area contributed by atoms with Gasteiger partial charge in [0.1, 0.15) is 11.6 Å². The number of hydrogen-bond acceptors (Lipinski definition) is 2. The zero-order valence-corrected chi connectivity index (χ0v) is 11.5. The van der Waals surface area contributed by atoms with Gasteiger partial charge in [-0.3, -0.25) is 4.79 Å². The van der Waals surface area contributed by atoms with E-state index in [-0.39, 0.29) is 17.3 Å². The van der Waals surface area contributed by atoms with Crippen LogP contribution in [0.1, 0.15) is 36.7 Å². The monoisotopic (exact) mass is 260 g/mol. The Labute approximate surface area is 111 Å². The highest BCUT2D eigenvalue weighted by Gasteiger charge is 2.13. The van der Waals surface area contributed by atoms with Crippen molar-refractivity contribution in [2.45, 2.75) is 33.6 Å². The summed E-state index contributed by atoms with van der Waals surface area (Å²) in [5.74, 6) is 0.314. The molecule has 1 aromatic carbocycles. The molecule has 0 atom stereocenters. The summed E-state index contributed by atoms with van der Waals surface area (Å²) in [5, 5.41) is 0. The number of rotatable bonds is 2. The first-order valence-electron chi connectivity index (χ1n) is 6.27. The number of benzene rings is 1. The molecule has 1 N–H and O–H groups in total. The number of nitrogens with zero attached hydrogens (tertiary/aromatic N) is 1. The van der Waals surface area contributed by atoms with Crippen molar-refractivity contribution >= 4 is 0 Å². The summed E-state index contributed by atoms with van der Waals surface area (Å²) in [6.45, 7) is 7.52. The molecule has 100 valence electrons. The second-order valence-electron chi connectivity index (χ2n) is 5.11. The summed E-state index contributed by atoms with van der Waals surface area (Å²) in [6, 6.07) is 4.68. The van der Waals surface area contributed by atoms with E-state index >= 15 is 0 Å². The third kappa shape index (κ3) is 2.72. The van der Waals surface area contributed by atoms with Gasteiger partial charge in [0.05, 0.1) is 5.69 Å². The van der Waals surface area contributed by atoms with Gasteiger partial charge in [0.15, 0.2) is 0 Å². The Bertz CT molecular complexity index is 651. The van der Waals surface area contributed by atoms with Crippen molar-refractivity contribution in [1.29, 1.82) is 0 Å². The van der Waals surface area contributed by atoms with Crippen LogP contribution in [-0.4, -0.2) is 9.97 Å². The van der Waals surface area contributed by atoms with Crippen molar-refractivity contribution in [2.75, 3.05) is 0 Å². The largest absolute Gasteiger partial charge is 0.310 e. The first-order chi connectivity index (χ1) is 8.88. The minimum Gasteiger partial charge on any atom is -0.310 e. The van der Waals surface area contributed by atoms with Crippen LogP contribution in [0.3, 0.4) is 0 Å². The number of nitrogens with one attached hydrogen (secondary N) is 1. The van der Waals surface area contributed by atoms with Crippen molar-refractivity contribution < 1.29 is 4.39 Å². The van der Waals surface area contributed by atoms with E-state index in [4.69, 9.17) is 0 Å². The zero-order chi connectivity index (χ0) is 14.2. The Balaban J connectivity index is 2.69. The van der Waals surface area contributed by atoms with Crippen molar-refractivity contribution in [3.05, 3.63) is 51.3 Å². The lowest BCUT2D eigenvalue weighted by atomic mass is 10.0. The van der Waals surface area contributed by atoms with E-state index in [9.17, 15) is 9.18 Å². The van der Waals surface area contributed by atoms with E-state index in [0.717, 1.165) is 11.1 Å². The lowest BCUT2D eigenvalue weighted by Gasteiger charge is -2.10. The smallest absolute Gasteiger partial charge is 0.251 e. The molecule has 1 heterocycles. The molecule has 0 unspecified atom stereocenters. The fraction of sp³-hybridized carbons (Fsp3) is 0.333. The molecule has 0 saturated heterocycles. The first kappa shape index (κ1) is 13.5. The van der Waals surface area contributed by atoms with Crippen LogP contribution in [-0.2, 0) is 0 Å². The molecule has 3 nitrogen and oxygen atoms in total. The second-order valence-corrected chi connectivity index (χ2v) is 5.11. The summed E-state index contributed by atoms with van der Waals surface area (Å²) in [5.41, 5.74) is 2.17. The molecule has 1 aromatic heterocycles. The van der Waals surface area contributed by atoms with E-state index in [1.807, 2.05) is 33.8 Å². The van der Waals surface area contributed by atoms with E-state index in [1.165, 1.54) is 12.1 Å². The highest BCUT2D eigenvalue weighted by atomic mass is 19.1. The van der Waals surface area contributed by atoms with Crippen molar-refractivity contribution in [2.24, 2.45) is 0 Å². The van der Waals surface area contributed by atoms with E-state index < -0.39 is 0 Å². The Morgan fingerprint density at radius 3 is 2.47 bits per heavy atom. The molecule has 19 heavy (non-hydrogen) atoms. The lowest BCUT2D eigenvalue weighted by molar-refractivity contribution is 0.627. The molecule has 0 radical (unpaired) electrons. The molecule has 0 aliphatic heterocycles. The first-order valence-corrected chi connectivity index (χ1v) is 6.27. The molecular weight excluding hydrogens is 243 g/mol. The molecule has 0 fully saturated rings. The summed E-state index contributed by atoms with van der Waals surface area (Å²) in [4.78, 5) is 18.7. The molecular formula is C15H17FN2O. The molecule has 0 aliphatic rings. The molecule has 0 aliphatic carbocycles.